The van der Waals surface area contributed by atoms with Crippen LogP contribution in [0.2, 0.25) is 0 Å². The zero-order valence-electron chi connectivity index (χ0n) is 20.1. The van der Waals surface area contributed by atoms with Crippen molar-refractivity contribution in [3.8, 4) is 0 Å². The summed E-state index contributed by atoms with van der Waals surface area (Å²) < 4.78 is 0. The van der Waals surface area contributed by atoms with Crippen molar-refractivity contribution in [2.24, 2.45) is 0 Å². The Bertz CT molecular complexity index is 1370. The van der Waals surface area contributed by atoms with Crippen LogP contribution in [0, 0.1) is 0 Å². The summed E-state index contributed by atoms with van der Waals surface area (Å²) in [7, 11) is 0. The standard InChI is InChI=1S/C28H22N4O6/c33-23-10-11-24(34)31(23)21-8-1-4-17(14-21)27(37)29-19-6-3-7-20(16-19)30-28(38)18-5-2-9-22(15-18)32-25(35)12-13-26(32)36/h1-9,14-16H,10-13H2,(H,29,37)(H,30,38). The first-order valence-electron chi connectivity index (χ1n) is 11.9. The van der Waals surface area contributed by atoms with Crippen molar-refractivity contribution in [1.29, 1.82) is 0 Å². The van der Waals surface area contributed by atoms with E-state index >= 15 is 0 Å². The lowest BCUT2D eigenvalue weighted by Crippen LogP contribution is -2.28. The Morgan fingerprint density at radius 2 is 0.895 bits per heavy atom. The minimum Gasteiger partial charge on any atom is -0.322 e. The molecular formula is C28H22N4O6. The summed E-state index contributed by atoms with van der Waals surface area (Å²) in [4.78, 5) is 76.0. The first-order chi connectivity index (χ1) is 18.3. The van der Waals surface area contributed by atoms with E-state index < -0.39 is 11.8 Å². The largest absolute Gasteiger partial charge is 0.322 e. The van der Waals surface area contributed by atoms with E-state index in [-0.39, 0.29) is 60.4 Å². The van der Waals surface area contributed by atoms with Crippen LogP contribution in [0.15, 0.2) is 72.8 Å². The van der Waals surface area contributed by atoms with Crippen molar-refractivity contribution >= 4 is 58.2 Å². The Balaban J connectivity index is 1.28. The van der Waals surface area contributed by atoms with E-state index in [1.807, 2.05) is 0 Å². The van der Waals surface area contributed by atoms with Gasteiger partial charge in [-0.3, -0.25) is 38.6 Å². The molecule has 2 saturated heterocycles. The molecule has 2 fully saturated rings. The number of nitrogens with zero attached hydrogens (tertiary/aromatic N) is 2. The average Bonchev–Trinajstić information content (AvgIpc) is 3.43. The molecule has 0 atom stereocenters. The van der Waals surface area contributed by atoms with E-state index in [0.717, 1.165) is 9.80 Å². The number of carbonyl (C=O) groups excluding carboxylic acids is 6. The molecule has 38 heavy (non-hydrogen) atoms. The molecule has 0 radical (unpaired) electrons. The van der Waals surface area contributed by atoms with Gasteiger partial charge in [-0.1, -0.05) is 18.2 Å². The number of rotatable bonds is 6. The average molecular weight is 511 g/mol. The number of nitrogens with one attached hydrogen (secondary N) is 2. The fourth-order valence-electron chi connectivity index (χ4n) is 4.38. The van der Waals surface area contributed by atoms with Gasteiger partial charge in [0.05, 0.1) is 11.4 Å². The predicted molar refractivity (Wildman–Crippen MR) is 139 cm³/mol. The van der Waals surface area contributed by atoms with Gasteiger partial charge < -0.3 is 10.6 Å². The van der Waals surface area contributed by atoms with Gasteiger partial charge in [-0.2, -0.15) is 0 Å². The number of hydrogen-bond acceptors (Lipinski definition) is 6. The Hall–Kier alpha value is -5.12. The van der Waals surface area contributed by atoms with Gasteiger partial charge >= 0.3 is 0 Å². The molecule has 10 nitrogen and oxygen atoms in total. The third-order valence-electron chi connectivity index (χ3n) is 6.21. The molecule has 0 aliphatic carbocycles. The highest BCUT2D eigenvalue weighted by molar-refractivity contribution is 6.21. The molecule has 6 amide bonds. The van der Waals surface area contributed by atoms with E-state index in [0.29, 0.717) is 22.7 Å². The van der Waals surface area contributed by atoms with E-state index in [1.165, 1.54) is 12.1 Å². The molecule has 0 saturated carbocycles. The fourth-order valence-corrected chi connectivity index (χ4v) is 4.38. The lowest BCUT2D eigenvalue weighted by Gasteiger charge is -2.15. The number of imide groups is 2. The number of amides is 6. The third-order valence-corrected chi connectivity index (χ3v) is 6.21. The summed E-state index contributed by atoms with van der Waals surface area (Å²) in [6.07, 6.45) is 0.582. The van der Waals surface area contributed by atoms with Gasteiger partial charge in [-0.15, -0.1) is 0 Å². The van der Waals surface area contributed by atoms with Gasteiger partial charge in [0, 0.05) is 48.2 Å². The predicted octanol–water partition coefficient (Wildman–Crippen LogP) is 3.50. The van der Waals surface area contributed by atoms with Crippen LogP contribution in [0.1, 0.15) is 46.4 Å². The molecule has 10 heteroatoms. The molecule has 2 heterocycles. The van der Waals surface area contributed by atoms with Crippen LogP contribution in [0.5, 0.6) is 0 Å². The fraction of sp³-hybridized carbons (Fsp3) is 0.143. The number of anilines is 4. The van der Waals surface area contributed by atoms with Crippen LogP contribution in [0.4, 0.5) is 22.7 Å². The van der Waals surface area contributed by atoms with Crippen molar-refractivity contribution in [1.82, 2.24) is 0 Å². The molecule has 2 aliphatic rings. The van der Waals surface area contributed by atoms with Crippen molar-refractivity contribution in [2.45, 2.75) is 25.7 Å². The van der Waals surface area contributed by atoms with Crippen LogP contribution in [-0.4, -0.2) is 35.4 Å². The quantitative estimate of drug-likeness (QED) is 0.488. The zero-order valence-corrected chi connectivity index (χ0v) is 20.1. The van der Waals surface area contributed by atoms with Crippen LogP contribution in [-0.2, 0) is 19.2 Å². The summed E-state index contributed by atoms with van der Waals surface area (Å²) in [5, 5.41) is 5.50. The maximum absolute atomic E-state index is 12.9. The van der Waals surface area contributed by atoms with Gasteiger partial charge in [0.2, 0.25) is 23.6 Å². The smallest absolute Gasteiger partial charge is 0.255 e. The summed E-state index contributed by atoms with van der Waals surface area (Å²) in [5.41, 5.74) is 2.01. The third kappa shape index (κ3) is 4.92. The normalized spacial score (nSPS) is 15.3. The lowest BCUT2D eigenvalue weighted by atomic mass is 10.1. The second-order valence-electron chi connectivity index (χ2n) is 8.84. The Kier molecular flexibility index (Phi) is 6.53. The molecule has 5 rings (SSSR count). The van der Waals surface area contributed by atoms with Gasteiger partial charge in [0.15, 0.2) is 0 Å². The summed E-state index contributed by atoms with van der Waals surface area (Å²) >= 11 is 0. The van der Waals surface area contributed by atoms with Gasteiger partial charge in [0.1, 0.15) is 0 Å². The van der Waals surface area contributed by atoms with E-state index in [4.69, 9.17) is 0 Å². The molecule has 190 valence electrons. The van der Waals surface area contributed by atoms with Crippen molar-refractivity contribution in [2.75, 3.05) is 20.4 Å². The number of hydrogen-bond donors (Lipinski definition) is 2. The Morgan fingerprint density at radius 3 is 1.29 bits per heavy atom. The first-order valence-corrected chi connectivity index (χ1v) is 11.9. The molecule has 2 N–H and O–H groups in total. The van der Waals surface area contributed by atoms with Gasteiger partial charge in [-0.05, 0) is 54.6 Å². The molecule has 0 aromatic heterocycles. The molecule has 0 unspecified atom stereocenters. The lowest BCUT2D eigenvalue weighted by molar-refractivity contribution is -0.122. The van der Waals surface area contributed by atoms with Crippen LogP contribution < -0.4 is 20.4 Å². The van der Waals surface area contributed by atoms with E-state index in [1.54, 1.807) is 60.7 Å². The second-order valence-corrected chi connectivity index (χ2v) is 8.84. The summed E-state index contributed by atoms with van der Waals surface area (Å²) in [5.74, 6) is -2.13. The maximum atomic E-state index is 12.9. The topological polar surface area (TPSA) is 133 Å². The second kappa shape index (κ2) is 10.1. The van der Waals surface area contributed by atoms with Crippen molar-refractivity contribution < 1.29 is 28.8 Å². The van der Waals surface area contributed by atoms with Crippen molar-refractivity contribution in [3.63, 3.8) is 0 Å². The number of carbonyl (C=O) groups is 6. The van der Waals surface area contributed by atoms with Gasteiger partial charge in [0.25, 0.3) is 11.8 Å². The minimum absolute atomic E-state index is 0.145. The first kappa shape index (κ1) is 24.6. The molecule has 3 aromatic carbocycles. The van der Waals surface area contributed by atoms with Crippen molar-refractivity contribution in [3.05, 3.63) is 83.9 Å². The van der Waals surface area contributed by atoms with Crippen LogP contribution >= 0.6 is 0 Å². The van der Waals surface area contributed by atoms with Crippen LogP contribution in [0.25, 0.3) is 0 Å². The Labute approximate surface area is 217 Å². The summed E-state index contributed by atoms with van der Waals surface area (Å²) in [6.45, 7) is 0. The van der Waals surface area contributed by atoms with E-state index in [2.05, 4.69) is 10.6 Å². The highest BCUT2D eigenvalue weighted by atomic mass is 16.2. The minimum atomic E-state index is -0.456. The summed E-state index contributed by atoms with van der Waals surface area (Å²) in [6, 6.07) is 19.0. The zero-order chi connectivity index (χ0) is 26.8. The van der Waals surface area contributed by atoms with Crippen LogP contribution in [0.3, 0.4) is 0 Å². The monoisotopic (exact) mass is 510 g/mol. The van der Waals surface area contributed by atoms with Gasteiger partial charge in [-0.25, -0.2) is 0 Å². The Morgan fingerprint density at radius 1 is 0.526 bits per heavy atom. The molecular weight excluding hydrogens is 488 g/mol. The highest BCUT2D eigenvalue weighted by Crippen LogP contribution is 2.26. The maximum Gasteiger partial charge on any atom is 0.255 e. The highest BCUT2D eigenvalue weighted by Gasteiger charge is 2.31. The molecule has 0 spiro atoms. The number of benzene rings is 3. The van der Waals surface area contributed by atoms with E-state index in [9.17, 15) is 28.8 Å². The molecule has 2 aliphatic heterocycles. The molecule has 3 aromatic rings. The SMILES string of the molecule is O=C(Nc1cccc(NC(=O)c2cccc(N3C(=O)CCC3=O)c2)c1)c1cccc(N2C(=O)CCC2=O)c1. The molecule has 0 bridgehead atoms.